The van der Waals surface area contributed by atoms with Crippen LogP contribution in [0.4, 0.5) is 17.1 Å². The van der Waals surface area contributed by atoms with Gasteiger partial charge in [-0.2, -0.15) is 0 Å². The largest absolute Gasteiger partial charge is 0.505 e. The first kappa shape index (κ1) is 18.8. The molecule has 8 nitrogen and oxygen atoms in total. The average molecular weight is 395 g/mol. The third kappa shape index (κ3) is 3.37. The van der Waals surface area contributed by atoms with Gasteiger partial charge in [0.25, 0.3) is 16.8 Å². The number of furan rings is 1. The van der Waals surface area contributed by atoms with E-state index < -0.39 is 16.8 Å². The summed E-state index contributed by atoms with van der Waals surface area (Å²) >= 11 is 0. The van der Waals surface area contributed by atoms with Crippen molar-refractivity contribution < 1.29 is 14.3 Å². The Morgan fingerprint density at radius 2 is 1.86 bits per heavy atom. The van der Waals surface area contributed by atoms with Crippen LogP contribution < -0.4 is 26.8 Å². The lowest BCUT2D eigenvalue weighted by Gasteiger charge is -2.21. The van der Waals surface area contributed by atoms with Gasteiger partial charge in [0.1, 0.15) is 22.9 Å². The predicted molar refractivity (Wildman–Crippen MR) is 109 cm³/mol. The van der Waals surface area contributed by atoms with E-state index in [-0.39, 0.29) is 34.4 Å². The summed E-state index contributed by atoms with van der Waals surface area (Å²) in [5, 5.41) is 18.8. The highest BCUT2D eigenvalue weighted by Crippen LogP contribution is 2.44. The van der Waals surface area contributed by atoms with Crippen LogP contribution in [0.3, 0.4) is 0 Å². The van der Waals surface area contributed by atoms with Gasteiger partial charge in [0.15, 0.2) is 5.75 Å². The molecule has 29 heavy (non-hydrogen) atoms. The number of hydrogen-bond donors (Lipinski definition) is 4. The van der Waals surface area contributed by atoms with Crippen molar-refractivity contribution in [1.29, 1.82) is 0 Å². The standard InChI is InChI=1S/C21H21N3O5/c1-10-6-9-14(29-10)15(11-7-8-11)24-17-16(19(26)20(17)27)23-13-5-3-4-12(18(13)25)21(28)22-2/h3-6,9,11,15,23-25H,7-8H2,1-2H3,(H,22,28)/t15-/m1/s1. The lowest BCUT2D eigenvalue weighted by Crippen LogP contribution is -2.37. The number of phenolic OH excluding ortho intramolecular Hbond substituents is 1. The van der Waals surface area contributed by atoms with Crippen LogP contribution in [-0.2, 0) is 0 Å². The number of aryl methyl sites for hydroxylation is 1. The molecular weight excluding hydrogens is 374 g/mol. The Balaban J connectivity index is 1.63. The molecule has 0 unspecified atom stereocenters. The molecular formula is C21H21N3O5. The van der Waals surface area contributed by atoms with Crippen LogP contribution in [0.5, 0.6) is 5.75 Å². The highest BCUT2D eigenvalue weighted by Gasteiger charge is 2.36. The van der Waals surface area contributed by atoms with E-state index in [0.29, 0.717) is 11.7 Å². The number of amides is 1. The lowest BCUT2D eigenvalue weighted by atomic mass is 10.1. The molecule has 1 fully saturated rings. The number of aromatic hydroxyl groups is 1. The molecule has 1 heterocycles. The number of para-hydroxylation sites is 1. The Morgan fingerprint density at radius 1 is 1.14 bits per heavy atom. The summed E-state index contributed by atoms with van der Waals surface area (Å²) in [5.74, 6) is 1.05. The quantitative estimate of drug-likeness (QED) is 0.358. The van der Waals surface area contributed by atoms with Crippen LogP contribution in [0.2, 0.25) is 0 Å². The monoisotopic (exact) mass is 395 g/mol. The molecule has 1 aliphatic rings. The summed E-state index contributed by atoms with van der Waals surface area (Å²) in [6.07, 6.45) is 2.01. The number of nitrogens with one attached hydrogen (secondary N) is 3. The van der Waals surface area contributed by atoms with Crippen LogP contribution >= 0.6 is 0 Å². The number of phenols is 1. The highest BCUT2D eigenvalue weighted by atomic mass is 16.3. The van der Waals surface area contributed by atoms with E-state index in [1.54, 1.807) is 6.07 Å². The second-order valence-electron chi connectivity index (χ2n) is 7.22. The van der Waals surface area contributed by atoms with Crippen molar-refractivity contribution in [3.63, 3.8) is 0 Å². The van der Waals surface area contributed by atoms with Crippen LogP contribution in [-0.4, -0.2) is 18.1 Å². The van der Waals surface area contributed by atoms with Crippen LogP contribution in [0.1, 0.15) is 40.8 Å². The van der Waals surface area contributed by atoms with E-state index in [2.05, 4.69) is 16.0 Å². The molecule has 1 aromatic heterocycles. The van der Waals surface area contributed by atoms with Gasteiger partial charge in [-0.3, -0.25) is 14.4 Å². The fourth-order valence-corrected chi connectivity index (χ4v) is 3.37. The van der Waals surface area contributed by atoms with Gasteiger partial charge in [0.05, 0.1) is 17.3 Å². The number of anilines is 3. The topological polar surface area (TPSA) is 121 Å². The van der Waals surface area contributed by atoms with E-state index in [4.69, 9.17) is 4.42 Å². The molecule has 1 atom stereocenters. The number of hydrogen-bond acceptors (Lipinski definition) is 7. The maximum Gasteiger partial charge on any atom is 0.254 e. The molecule has 8 heteroatoms. The van der Waals surface area contributed by atoms with Gasteiger partial charge >= 0.3 is 0 Å². The van der Waals surface area contributed by atoms with Gasteiger partial charge in [-0.15, -0.1) is 0 Å². The maximum absolute atomic E-state index is 12.2. The molecule has 0 spiro atoms. The molecule has 0 aliphatic heterocycles. The molecule has 150 valence electrons. The molecule has 3 aromatic rings. The number of rotatable bonds is 7. The summed E-state index contributed by atoms with van der Waals surface area (Å²) in [7, 11) is 1.45. The second kappa shape index (κ2) is 7.12. The Hall–Kier alpha value is -3.55. The number of benzene rings is 1. The fourth-order valence-electron chi connectivity index (χ4n) is 3.37. The minimum atomic E-state index is -0.678. The van der Waals surface area contributed by atoms with Crippen molar-refractivity contribution in [2.75, 3.05) is 17.7 Å². The molecule has 4 rings (SSSR count). The Morgan fingerprint density at radius 3 is 2.48 bits per heavy atom. The first-order chi connectivity index (χ1) is 13.9. The molecule has 2 aromatic carbocycles. The van der Waals surface area contributed by atoms with Crippen molar-refractivity contribution in [2.45, 2.75) is 25.8 Å². The van der Waals surface area contributed by atoms with E-state index in [1.807, 2.05) is 19.1 Å². The van der Waals surface area contributed by atoms with Gasteiger partial charge in [0, 0.05) is 7.05 Å². The van der Waals surface area contributed by atoms with Gasteiger partial charge in [-0.25, -0.2) is 0 Å². The first-order valence-electron chi connectivity index (χ1n) is 9.38. The second-order valence-corrected chi connectivity index (χ2v) is 7.22. The van der Waals surface area contributed by atoms with Crippen molar-refractivity contribution in [3.05, 3.63) is 67.9 Å². The molecule has 1 aliphatic carbocycles. The zero-order valence-corrected chi connectivity index (χ0v) is 16.0. The Bertz CT molecular complexity index is 1150. The fraction of sp³-hybridized carbons (Fsp3) is 0.286. The molecule has 1 saturated carbocycles. The number of carbonyl (C=O) groups excluding carboxylic acids is 1. The molecule has 1 amide bonds. The van der Waals surface area contributed by atoms with E-state index in [0.717, 1.165) is 18.6 Å². The normalized spacial score (nSPS) is 14.6. The third-order valence-corrected chi connectivity index (χ3v) is 5.14. The Kier molecular flexibility index (Phi) is 4.62. The highest BCUT2D eigenvalue weighted by molar-refractivity contribution is 5.99. The van der Waals surface area contributed by atoms with E-state index in [1.165, 1.54) is 19.2 Å². The van der Waals surface area contributed by atoms with Crippen LogP contribution in [0, 0.1) is 12.8 Å². The van der Waals surface area contributed by atoms with Gasteiger partial charge in [-0.05, 0) is 49.9 Å². The first-order valence-corrected chi connectivity index (χ1v) is 9.38. The van der Waals surface area contributed by atoms with Crippen molar-refractivity contribution >= 4 is 23.0 Å². The molecule has 0 saturated heterocycles. The van der Waals surface area contributed by atoms with Crippen molar-refractivity contribution in [1.82, 2.24) is 5.32 Å². The van der Waals surface area contributed by atoms with Gasteiger partial charge in [0.2, 0.25) is 0 Å². The SMILES string of the molecule is CNC(=O)c1cccc(Nc2c(N[C@@H](c3ccc(C)o3)C3CC3)c(=O)c2=O)c1O. The van der Waals surface area contributed by atoms with Crippen LogP contribution in [0.15, 0.2) is 44.3 Å². The minimum absolute atomic E-state index is 0.0626. The van der Waals surface area contributed by atoms with Gasteiger partial charge < -0.3 is 25.5 Å². The van der Waals surface area contributed by atoms with E-state index in [9.17, 15) is 19.5 Å². The molecule has 0 radical (unpaired) electrons. The van der Waals surface area contributed by atoms with E-state index >= 15 is 0 Å². The summed E-state index contributed by atoms with van der Waals surface area (Å²) < 4.78 is 5.72. The van der Waals surface area contributed by atoms with Crippen LogP contribution in [0.25, 0.3) is 0 Å². The lowest BCUT2D eigenvalue weighted by molar-refractivity contribution is 0.0960. The van der Waals surface area contributed by atoms with Crippen molar-refractivity contribution in [2.24, 2.45) is 5.92 Å². The average Bonchev–Trinajstić information content (AvgIpc) is 3.47. The predicted octanol–water partition coefficient (Wildman–Crippen LogP) is 2.56. The minimum Gasteiger partial charge on any atom is -0.505 e. The third-order valence-electron chi connectivity index (χ3n) is 5.14. The van der Waals surface area contributed by atoms with Gasteiger partial charge in [-0.1, -0.05) is 6.07 Å². The summed E-state index contributed by atoms with van der Waals surface area (Å²) in [4.78, 5) is 36.3. The summed E-state index contributed by atoms with van der Waals surface area (Å²) in [5.41, 5.74) is -0.851. The smallest absolute Gasteiger partial charge is 0.254 e. The Labute approximate surface area is 166 Å². The van der Waals surface area contributed by atoms with Crippen molar-refractivity contribution in [3.8, 4) is 5.75 Å². The summed E-state index contributed by atoms with van der Waals surface area (Å²) in [6, 6.07) is 8.07. The number of carbonyl (C=O) groups is 1. The zero-order valence-electron chi connectivity index (χ0n) is 16.0. The molecule has 4 N–H and O–H groups in total. The molecule has 0 bridgehead atoms. The zero-order chi connectivity index (χ0) is 20.7. The maximum atomic E-state index is 12.2. The summed E-state index contributed by atoms with van der Waals surface area (Å²) in [6.45, 7) is 1.85.